The van der Waals surface area contributed by atoms with Crippen LogP contribution in [0.15, 0.2) is 67.0 Å². The second-order valence-corrected chi connectivity index (χ2v) is 10.1. The Morgan fingerprint density at radius 3 is 2.40 bits per heavy atom. The highest BCUT2D eigenvalue weighted by Crippen LogP contribution is 2.35. The first-order chi connectivity index (χ1) is 16.7. The Morgan fingerprint density at radius 1 is 1.06 bits per heavy atom. The molecule has 35 heavy (non-hydrogen) atoms. The number of carbonyl (C=O) groups excluding carboxylic acids is 2. The lowest BCUT2D eigenvalue weighted by molar-refractivity contribution is -0.137. The van der Waals surface area contributed by atoms with Gasteiger partial charge in [-0.3, -0.25) is 14.6 Å². The predicted molar refractivity (Wildman–Crippen MR) is 140 cm³/mol. The zero-order valence-corrected chi connectivity index (χ0v) is 21.2. The number of anilines is 1. The summed E-state index contributed by atoms with van der Waals surface area (Å²) in [6, 6.07) is 15.5. The summed E-state index contributed by atoms with van der Waals surface area (Å²) in [7, 11) is 0. The summed E-state index contributed by atoms with van der Waals surface area (Å²) in [6.07, 6.45) is 4.94. The quantitative estimate of drug-likeness (QED) is 0.451. The zero-order chi connectivity index (χ0) is 25.2. The Bertz CT molecular complexity index is 1220. The van der Waals surface area contributed by atoms with Crippen LogP contribution in [0.5, 0.6) is 0 Å². The number of rotatable bonds is 6. The van der Waals surface area contributed by atoms with Crippen molar-refractivity contribution in [1.29, 1.82) is 0 Å². The van der Waals surface area contributed by atoms with Crippen molar-refractivity contribution < 1.29 is 9.59 Å². The smallest absolute Gasteiger partial charge is 0.255 e. The second-order valence-electron chi connectivity index (χ2n) is 9.30. The van der Waals surface area contributed by atoms with Crippen LogP contribution in [0.4, 0.5) is 5.69 Å². The normalized spacial score (nSPS) is 16.7. The molecule has 1 saturated heterocycles. The lowest BCUT2D eigenvalue weighted by atomic mass is 9.82. The Labute approximate surface area is 215 Å². The van der Waals surface area contributed by atoms with Gasteiger partial charge in [-0.15, -0.1) is 0 Å². The average molecular weight is 511 g/mol. The van der Waals surface area contributed by atoms with Gasteiger partial charge in [0.25, 0.3) is 5.91 Å². The number of nitrogens with zero attached hydrogens (tertiary/aromatic N) is 2. The lowest BCUT2D eigenvalue weighted by Gasteiger charge is -2.36. The van der Waals surface area contributed by atoms with Gasteiger partial charge >= 0.3 is 0 Å². The van der Waals surface area contributed by atoms with Gasteiger partial charge in [0.2, 0.25) is 5.91 Å². The van der Waals surface area contributed by atoms with Gasteiger partial charge in [-0.1, -0.05) is 41.4 Å². The van der Waals surface area contributed by atoms with Gasteiger partial charge in [-0.2, -0.15) is 0 Å². The minimum atomic E-state index is -0.786. The van der Waals surface area contributed by atoms with Crippen LogP contribution in [0.2, 0.25) is 10.0 Å². The average Bonchev–Trinajstić information content (AvgIpc) is 3.35. The number of benzene rings is 2. The molecule has 6 nitrogen and oxygen atoms in total. The van der Waals surface area contributed by atoms with E-state index in [1.165, 1.54) is 0 Å². The van der Waals surface area contributed by atoms with Gasteiger partial charge in [0.05, 0.1) is 27.5 Å². The molecule has 2 unspecified atom stereocenters. The molecule has 0 saturated carbocycles. The molecule has 0 aliphatic carbocycles. The van der Waals surface area contributed by atoms with E-state index in [0.717, 1.165) is 24.0 Å². The summed E-state index contributed by atoms with van der Waals surface area (Å²) in [5.41, 5.74) is 8.76. The lowest BCUT2D eigenvalue weighted by Crippen LogP contribution is -2.49. The number of nitrogens with two attached hydrogens (primary N) is 1. The van der Waals surface area contributed by atoms with E-state index in [4.69, 9.17) is 28.9 Å². The van der Waals surface area contributed by atoms with Crippen LogP contribution in [-0.4, -0.2) is 34.3 Å². The fourth-order valence-electron chi connectivity index (χ4n) is 4.50. The highest BCUT2D eigenvalue weighted by atomic mass is 35.5. The third kappa shape index (κ3) is 5.35. The highest BCUT2D eigenvalue weighted by molar-refractivity contribution is 6.42. The number of hydrogen-bond acceptors (Lipinski definition) is 4. The molecule has 2 amide bonds. The molecule has 0 spiro atoms. The van der Waals surface area contributed by atoms with E-state index in [0.29, 0.717) is 27.8 Å². The third-order valence-corrected chi connectivity index (χ3v) is 7.39. The van der Waals surface area contributed by atoms with Crippen LogP contribution < -0.4 is 11.1 Å². The van der Waals surface area contributed by atoms with Gasteiger partial charge in [0, 0.05) is 30.2 Å². The zero-order valence-electron chi connectivity index (χ0n) is 19.7. The van der Waals surface area contributed by atoms with Gasteiger partial charge in [-0.25, -0.2) is 0 Å². The Hall–Kier alpha value is -2.93. The van der Waals surface area contributed by atoms with Crippen LogP contribution in [-0.2, 0) is 10.2 Å². The number of carbonyl (C=O) groups is 2. The van der Waals surface area contributed by atoms with Crippen molar-refractivity contribution in [2.24, 2.45) is 5.73 Å². The van der Waals surface area contributed by atoms with E-state index >= 15 is 0 Å². The summed E-state index contributed by atoms with van der Waals surface area (Å²) in [6.45, 7) is 4.44. The topological polar surface area (TPSA) is 88.3 Å². The standard InChI is InChI=1S/C27H28Cl2N4O2/c1-27(2,19-9-10-21(28)22(29)16-19)26(35)33-15-3-4-23(33)24(30)17-5-7-18(8-6-17)25(34)32-20-11-13-31-14-12-20/h5-14,16,23-24H,3-4,15,30H2,1-2H3,(H,31,32,34). The molecule has 1 aliphatic rings. The molecular weight excluding hydrogens is 483 g/mol. The van der Waals surface area contributed by atoms with Crippen molar-refractivity contribution in [2.75, 3.05) is 11.9 Å². The van der Waals surface area contributed by atoms with Crippen LogP contribution in [0.1, 0.15) is 54.2 Å². The van der Waals surface area contributed by atoms with E-state index in [9.17, 15) is 9.59 Å². The number of amides is 2. The predicted octanol–water partition coefficient (Wildman–Crippen LogP) is 5.61. The van der Waals surface area contributed by atoms with Crippen LogP contribution >= 0.6 is 23.2 Å². The molecule has 182 valence electrons. The first-order valence-electron chi connectivity index (χ1n) is 11.5. The molecule has 0 radical (unpaired) electrons. The van der Waals surface area contributed by atoms with E-state index < -0.39 is 5.41 Å². The van der Waals surface area contributed by atoms with Gasteiger partial charge in [0.15, 0.2) is 0 Å². The third-order valence-electron chi connectivity index (χ3n) is 6.65. The largest absolute Gasteiger partial charge is 0.337 e. The molecule has 2 atom stereocenters. The van der Waals surface area contributed by atoms with Crippen LogP contribution in [0.25, 0.3) is 0 Å². The number of likely N-dealkylation sites (tertiary alicyclic amines) is 1. The number of hydrogen-bond donors (Lipinski definition) is 2. The van der Waals surface area contributed by atoms with Crippen molar-refractivity contribution in [1.82, 2.24) is 9.88 Å². The molecule has 4 rings (SSSR count). The molecule has 2 heterocycles. The second kappa shape index (κ2) is 10.4. The minimum Gasteiger partial charge on any atom is -0.337 e. The number of nitrogens with one attached hydrogen (secondary N) is 1. The Kier molecular flexibility index (Phi) is 7.45. The van der Waals surface area contributed by atoms with E-state index in [2.05, 4.69) is 10.3 Å². The summed E-state index contributed by atoms with van der Waals surface area (Å²) < 4.78 is 0. The summed E-state index contributed by atoms with van der Waals surface area (Å²) in [4.78, 5) is 32.0. The molecular formula is C27H28Cl2N4O2. The highest BCUT2D eigenvalue weighted by Gasteiger charge is 2.41. The molecule has 3 N–H and O–H groups in total. The number of aromatic nitrogens is 1. The maximum Gasteiger partial charge on any atom is 0.255 e. The van der Waals surface area contributed by atoms with Crippen molar-refractivity contribution in [2.45, 2.75) is 44.2 Å². The van der Waals surface area contributed by atoms with E-state index in [1.54, 1.807) is 48.8 Å². The SMILES string of the molecule is CC(C)(C(=O)N1CCCC1C(N)c1ccc(C(=O)Nc2ccncc2)cc1)c1ccc(Cl)c(Cl)c1. The summed E-state index contributed by atoms with van der Waals surface area (Å²) in [5.74, 6) is -0.209. The van der Waals surface area contributed by atoms with Gasteiger partial charge in [-0.05, 0) is 74.2 Å². The van der Waals surface area contributed by atoms with Crippen molar-refractivity contribution >= 4 is 40.7 Å². The maximum atomic E-state index is 13.7. The maximum absolute atomic E-state index is 13.7. The fourth-order valence-corrected chi connectivity index (χ4v) is 4.80. The minimum absolute atomic E-state index is 0.00203. The molecule has 8 heteroatoms. The van der Waals surface area contributed by atoms with Crippen molar-refractivity contribution in [3.8, 4) is 0 Å². The Morgan fingerprint density at radius 2 is 1.74 bits per heavy atom. The molecule has 1 aromatic heterocycles. The molecule has 1 aliphatic heterocycles. The molecule has 2 aromatic carbocycles. The molecule has 1 fully saturated rings. The van der Waals surface area contributed by atoms with Crippen LogP contribution in [0.3, 0.4) is 0 Å². The first kappa shape index (κ1) is 25.2. The van der Waals surface area contributed by atoms with Gasteiger partial charge < -0.3 is 16.0 Å². The van der Waals surface area contributed by atoms with E-state index in [1.807, 2.05) is 36.9 Å². The first-order valence-corrected chi connectivity index (χ1v) is 12.3. The Balaban J connectivity index is 1.48. The fraction of sp³-hybridized carbons (Fsp3) is 0.296. The summed E-state index contributed by atoms with van der Waals surface area (Å²) >= 11 is 12.3. The molecule has 3 aromatic rings. The monoisotopic (exact) mass is 510 g/mol. The van der Waals surface area contributed by atoms with Gasteiger partial charge in [0.1, 0.15) is 0 Å². The number of halogens is 2. The number of pyridine rings is 1. The van der Waals surface area contributed by atoms with Crippen molar-refractivity contribution in [3.05, 3.63) is 93.7 Å². The molecule has 0 bridgehead atoms. The van der Waals surface area contributed by atoms with Crippen molar-refractivity contribution in [3.63, 3.8) is 0 Å². The van der Waals surface area contributed by atoms with E-state index in [-0.39, 0.29) is 23.9 Å². The summed E-state index contributed by atoms with van der Waals surface area (Å²) in [5, 5.41) is 3.72. The van der Waals surface area contributed by atoms with Crippen LogP contribution in [0, 0.1) is 0 Å².